The Bertz CT molecular complexity index is 488. The molecule has 0 spiro atoms. The van der Waals surface area contributed by atoms with Crippen LogP contribution in [0.15, 0.2) is 0 Å². The first-order valence-corrected chi connectivity index (χ1v) is 6.48. The summed E-state index contributed by atoms with van der Waals surface area (Å²) >= 11 is 0. The summed E-state index contributed by atoms with van der Waals surface area (Å²) < 4.78 is 7.26. The summed E-state index contributed by atoms with van der Waals surface area (Å²) in [6.07, 6.45) is -0.265. The minimum Gasteiger partial charge on any atom is -0.444 e. The Morgan fingerprint density at radius 3 is 2.68 bits per heavy atom. The number of aryl methyl sites for hydroxylation is 1. The first-order valence-electron chi connectivity index (χ1n) is 6.48. The van der Waals surface area contributed by atoms with Crippen molar-refractivity contribution in [3.8, 4) is 0 Å². The zero-order chi connectivity index (χ0) is 14.2. The summed E-state index contributed by atoms with van der Waals surface area (Å²) in [5.41, 5.74) is 2.78. The van der Waals surface area contributed by atoms with Gasteiger partial charge in [0, 0.05) is 19.2 Å². The van der Waals surface area contributed by atoms with E-state index in [1.54, 1.807) is 4.90 Å². The summed E-state index contributed by atoms with van der Waals surface area (Å²) in [7, 11) is 3.80. The van der Waals surface area contributed by atoms with Crippen molar-refractivity contribution in [2.75, 3.05) is 7.05 Å². The Labute approximate surface area is 113 Å². The molecule has 0 fully saturated rings. The molecule has 1 amide bonds. The molecule has 6 nitrogen and oxygen atoms in total. The Morgan fingerprint density at radius 1 is 1.42 bits per heavy atom. The van der Waals surface area contributed by atoms with Gasteiger partial charge in [0.25, 0.3) is 0 Å². The number of nitrogens with one attached hydrogen (secondary N) is 1. The molecular formula is C13H22N4O2. The largest absolute Gasteiger partial charge is 0.444 e. The fourth-order valence-electron chi connectivity index (χ4n) is 2.24. The van der Waals surface area contributed by atoms with Crippen LogP contribution in [0.5, 0.6) is 0 Å². The quantitative estimate of drug-likeness (QED) is 0.879. The minimum atomic E-state index is -0.460. The number of aromatic nitrogens is 2. The monoisotopic (exact) mass is 266 g/mol. The van der Waals surface area contributed by atoms with Gasteiger partial charge in [-0.1, -0.05) is 0 Å². The highest BCUT2D eigenvalue weighted by Crippen LogP contribution is 2.26. The summed E-state index contributed by atoms with van der Waals surface area (Å²) in [6, 6.07) is 0. The van der Waals surface area contributed by atoms with Crippen molar-refractivity contribution in [3.05, 3.63) is 17.0 Å². The molecule has 19 heavy (non-hydrogen) atoms. The fraction of sp³-hybridized carbons (Fsp3) is 0.692. The van der Waals surface area contributed by atoms with Crippen LogP contribution in [0, 0.1) is 0 Å². The van der Waals surface area contributed by atoms with Gasteiger partial charge in [-0.05, 0) is 27.8 Å². The second-order valence-corrected chi connectivity index (χ2v) is 5.86. The molecule has 0 saturated carbocycles. The Balaban J connectivity index is 2.12. The number of hydrogen-bond donors (Lipinski definition) is 1. The number of hydrogen-bond acceptors (Lipinski definition) is 4. The molecule has 0 atom stereocenters. The van der Waals surface area contributed by atoms with Crippen molar-refractivity contribution in [1.82, 2.24) is 20.0 Å². The SMILES string of the molecule is CNCc1nn(C)c2c1CN(C(=O)OC(C)(C)C)C2. The van der Waals surface area contributed by atoms with Gasteiger partial charge in [0.15, 0.2) is 0 Å². The molecule has 0 bridgehead atoms. The maximum atomic E-state index is 12.1. The molecule has 0 radical (unpaired) electrons. The number of fused-ring (bicyclic) bond motifs is 1. The van der Waals surface area contributed by atoms with E-state index in [1.165, 1.54) is 0 Å². The van der Waals surface area contributed by atoms with Crippen LogP contribution in [0.3, 0.4) is 0 Å². The summed E-state index contributed by atoms with van der Waals surface area (Å²) in [5, 5.41) is 7.56. The average molecular weight is 266 g/mol. The predicted molar refractivity (Wildman–Crippen MR) is 71.5 cm³/mol. The molecule has 1 aliphatic rings. The highest BCUT2D eigenvalue weighted by atomic mass is 16.6. The molecule has 0 aliphatic carbocycles. The Morgan fingerprint density at radius 2 is 2.11 bits per heavy atom. The van der Waals surface area contributed by atoms with Gasteiger partial charge in [-0.25, -0.2) is 4.79 Å². The van der Waals surface area contributed by atoms with Crippen LogP contribution in [-0.4, -0.2) is 33.4 Å². The second kappa shape index (κ2) is 4.85. The van der Waals surface area contributed by atoms with Crippen LogP contribution < -0.4 is 5.32 Å². The van der Waals surface area contributed by atoms with Gasteiger partial charge < -0.3 is 10.1 Å². The standard InChI is InChI=1S/C13H22N4O2/c1-13(2,3)19-12(18)17-7-9-10(6-14-4)15-16(5)11(9)8-17/h14H,6-8H2,1-5H3. The second-order valence-electron chi connectivity index (χ2n) is 5.86. The number of nitrogens with zero attached hydrogens (tertiary/aromatic N) is 3. The lowest BCUT2D eigenvalue weighted by Crippen LogP contribution is -2.33. The van der Waals surface area contributed by atoms with E-state index in [0.717, 1.165) is 17.0 Å². The van der Waals surface area contributed by atoms with E-state index in [9.17, 15) is 4.79 Å². The molecule has 0 unspecified atom stereocenters. The molecule has 0 aromatic carbocycles. The van der Waals surface area contributed by atoms with Gasteiger partial charge in [0.2, 0.25) is 0 Å². The number of ether oxygens (including phenoxy) is 1. The number of amides is 1. The molecule has 0 saturated heterocycles. The lowest BCUT2D eigenvalue weighted by molar-refractivity contribution is 0.0238. The van der Waals surface area contributed by atoms with Gasteiger partial charge in [-0.2, -0.15) is 5.10 Å². The van der Waals surface area contributed by atoms with Crippen molar-refractivity contribution < 1.29 is 9.53 Å². The maximum Gasteiger partial charge on any atom is 0.410 e. The van der Waals surface area contributed by atoms with Crippen LogP contribution >= 0.6 is 0 Å². The normalized spacial score (nSPS) is 14.7. The van der Waals surface area contributed by atoms with Crippen LogP contribution in [-0.2, 0) is 31.4 Å². The molecule has 2 rings (SSSR count). The zero-order valence-electron chi connectivity index (χ0n) is 12.3. The van der Waals surface area contributed by atoms with E-state index in [2.05, 4.69) is 10.4 Å². The average Bonchev–Trinajstić information content (AvgIpc) is 2.80. The molecule has 1 aromatic heterocycles. The van der Waals surface area contributed by atoms with Gasteiger partial charge in [0.05, 0.1) is 24.5 Å². The van der Waals surface area contributed by atoms with E-state index in [0.29, 0.717) is 19.6 Å². The summed E-state index contributed by atoms with van der Waals surface area (Å²) in [5.74, 6) is 0. The lowest BCUT2D eigenvalue weighted by Gasteiger charge is -2.24. The first kappa shape index (κ1) is 13.9. The van der Waals surface area contributed by atoms with Crippen molar-refractivity contribution in [2.45, 2.75) is 46.0 Å². The highest BCUT2D eigenvalue weighted by molar-refractivity contribution is 5.69. The van der Waals surface area contributed by atoms with Crippen LogP contribution in [0.1, 0.15) is 37.7 Å². The van der Waals surface area contributed by atoms with Crippen molar-refractivity contribution in [3.63, 3.8) is 0 Å². The van der Waals surface area contributed by atoms with Crippen molar-refractivity contribution in [2.24, 2.45) is 7.05 Å². The highest BCUT2D eigenvalue weighted by Gasteiger charge is 2.31. The van der Waals surface area contributed by atoms with Crippen molar-refractivity contribution in [1.29, 1.82) is 0 Å². The zero-order valence-corrected chi connectivity index (χ0v) is 12.3. The van der Waals surface area contributed by atoms with Gasteiger partial charge in [0.1, 0.15) is 5.60 Å². The molecule has 1 N–H and O–H groups in total. The molecule has 2 heterocycles. The molecule has 106 valence electrons. The van der Waals surface area contributed by atoms with E-state index < -0.39 is 5.60 Å². The third kappa shape index (κ3) is 2.89. The third-order valence-corrected chi connectivity index (χ3v) is 3.04. The number of rotatable bonds is 2. The predicted octanol–water partition coefficient (Wildman–Crippen LogP) is 1.39. The third-order valence-electron chi connectivity index (χ3n) is 3.04. The molecular weight excluding hydrogens is 244 g/mol. The topological polar surface area (TPSA) is 59.4 Å². The lowest BCUT2D eigenvalue weighted by atomic mass is 10.2. The Kier molecular flexibility index (Phi) is 3.54. The Hall–Kier alpha value is -1.56. The van der Waals surface area contributed by atoms with Gasteiger partial charge in [-0.15, -0.1) is 0 Å². The van der Waals surface area contributed by atoms with Crippen LogP contribution in [0.25, 0.3) is 0 Å². The fourth-order valence-corrected chi connectivity index (χ4v) is 2.24. The first-order chi connectivity index (χ1) is 8.81. The maximum absolute atomic E-state index is 12.1. The summed E-state index contributed by atoms with van der Waals surface area (Å²) in [6.45, 7) is 7.49. The van der Waals surface area contributed by atoms with E-state index >= 15 is 0 Å². The van der Waals surface area contributed by atoms with E-state index in [1.807, 2.05) is 39.5 Å². The summed E-state index contributed by atoms with van der Waals surface area (Å²) in [4.78, 5) is 13.8. The minimum absolute atomic E-state index is 0.265. The van der Waals surface area contributed by atoms with Crippen molar-refractivity contribution >= 4 is 6.09 Å². The molecule has 6 heteroatoms. The van der Waals surface area contributed by atoms with Crippen LogP contribution in [0.2, 0.25) is 0 Å². The molecule has 1 aliphatic heterocycles. The number of carbonyl (C=O) groups excluding carboxylic acids is 1. The van der Waals surface area contributed by atoms with E-state index in [-0.39, 0.29) is 6.09 Å². The van der Waals surface area contributed by atoms with Crippen LogP contribution in [0.4, 0.5) is 4.79 Å². The smallest absolute Gasteiger partial charge is 0.410 e. The van der Waals surface area contributed by atoms with E-state index in [4.69, 9.17) is 4.74 Å². The number of carbonyl (C=O) groups is 1. The molecule has 1 aromatic rings. The van der Waals surface area contributed by atoms with Gasteiger partial charge >= 0.3 is 6.09 Å². The van der Waals surface area contributed by atoms with Gasteiger partial charge in [-0.3, -0.25) is 9.58 Å².